The van der Waals surface area contributed by atoms with Crippen LogP contribution in [-0.4, -0.2) is 77.4 Å². The lowest BCUT2D eigenvalue weighted by Crippen LogP contribution is -2.55. The monoisotopic (exact) mass is 628 g/mol. The smallest absolute Gasteiger partial charge is 0.408 e. The van der Waals surface area contributed by atoms with Gasteiger partial charge in [-0.1, -0.05) is 12.1 Å². The van der Waals surface area contributed by atoms with E-state index in [0.29, 0.717) is 18.8 Å². The number of carbonyl (C=O) groups is 2. The molecule has 1 aliphatic heterocycles. The first kappa shape index (κ1) is 33.0. The normalized spacial score (nSPS) is 15.1. The maximum atomic E-state index is 13.9. The topological polar surface area (TPSA) is 111 Å². The summed E-state index contributed by atoms with van der Waals surface area (Å²) in [7, 11) is 5.84. The number of nitrogens with zero attached hydrogens (tertiary/aromatic N) is 5. The average molecular weight is 628 g/mol. The van der Waals surface area contributed by atoms with Crippen LogP contribution in [0.15, 0.2) is 54.9 Å². The standard InChI is InChI=1S/C31H37B3F2N6O4/c1-29(2,3)46-28(44)40-30(4,5)26-37-15-19(16-38-26)17-9-10-21-23(14-17)41-12-11-22(24(41)39-21)42(31(32,33)34)25(43)18-7-6-8-20(13-18)45-27(35)36/h6-10,13-16,22,27H,11-12,32-34H2,1-5H3,(H,40,44)/t22-/m1/s1. The van der Waals surface area contributed by atoms with Gasteiger partial charge < -0.3 is 24.3 Å². The minimum atomic E-state index is -2.98. The van der Waals surface area contributed by atoms with Gasteiger partial charge in [0.25, 0.3) is 5.91 Å². The maximum absolute atomic E-state index is 13.9. The Bertz CT molecular complexity index is 1770. The van der Waals surface area contributed by atoms with Crippen molar-refractivity contribution in [1.29, 1.82) is 0 Å². The molecule has 0 spiro atoms. The van der Waals surface area contributed by atoms with E-state index in [0.717, 1.165) is 28.0 Å². The number of fused-ring (bicyclic) bond motifs is 3. The summed E-state index contributed by atoms with van der Waals surface area (Å²) >= 11 is 0. The van der Waals surface area contributed by atoms with E-state index < -0.39 is 29.1 Å². The van der Waals surface area contributed by atoms with Gasteiger partial charge in [-0.2, -0.15) is 8.78 Å². The zero-order valence-electron chi connectivity index (χ0n) is 27.4. The molecule has 10 nitrogen and oxygen atoms in total. The largest absolute Gasteiger partial charge is 0.444 e. The van der Waals surface area contributed by atoms with Gasteiger partial charge in [-0.15, -0.1) is 0 Å². The van der Waals surface area contributed by atoms with Crippen molar-refractivity contribution in [3.05, 3.63) is 72.1 Å². The van der Waals surface area contributed by atoms with Gasteiger partial charge in [-0.3, -0.25) is 4.79 Å². The SMILES string of the molecule is BC(B)(B)N(C(=O)c1cccc(OC(F)F)c1)[C@@H]1CCn2c1nc1ccc(-c3cnc(C(C)(C)NC(=O)OC(C)(C)C)nc3)cc12. The molecule has 1 atom stereocenters. The Morgan fingerprint density at radius 3 is 2.35 bits per heavy atom. The molecule has 238 valence electrons. The van der Waals surface area contributed by atoms with Gasteiger partial charge in [-0.25, -0.2) is 19.7 Å². The number of ether oxygens (including phenoxy) is 2. The lowest BCUT2D eigenvalue weighted by Gasteiger charge is -2.40. The maximum Gasteiger partial charge on any atom is 0.408 e. The summed E-state index contributed by atoms with van der Waals surface area (Å²) in [5.41, 5.74) is 2.16. The van der Waals surface area contributed by atoms with Crippen LogP contribution in [0, 0.1) is 0 Å². The molecule has 0 bridgehead atoms. The Balaban J connectivity index is 1.41. The van der Waals surface area contributed by atoms with Crippen LogP contribution in [0.3, 0.4) is 0 Å². The van der Waals surface area contributed by atoms with Crippen molar-refractivity contribution in [2.24, 2.45) is 0 Å². The van der Waals surface area contributed by atoms with Gasteiger partial charge >= 0.3 is 12.7 Å². The molecule has 15 heteroatoms. The third-order valence-electron chi connectivity index (χ3n) is 7.62. The van der Waals surface area contributed by atoms with Gasteiger partial charge in [0, 0.05) is 30.1 Å². The molecule has 1 aliphatic rings. The van der Waals surface area contributed by atoms with Crippen LogP contribution in [0.1, 0.15) is 69.1 Å². The van der Waals surface area contributed by atoms with Crippen molar-refractivity contribution < 1.29 is 27.8 Å². The Labute approximate surface area is 269 Å². The molecule has 0 saturated heterocycles. The summed E-state index contributed by atoms with van der Waals surface area (Å²) in [6.45, 7) is 6.68. The Kier molecular flexibility index (Phi) is 8.65. The first-order chi connectivity index (χ1) is 21.4. The van der Waals surface area contributed by atoms with Gasteiger partial charge in [0.2, 0.25) is 0 Å². The number of imidazole rings is 1. The van der Waals surface area contributed by atoms with E-state index in [9.17, 15) is 18.4 Å². The van der Waals surface area contributed by atoms with Crippen molar-refractivity contribution in [3.8, 4) is 16.9 Å². The van der Waals surface area contributed by atoms with Crippen LogP contribution >= 0.6 is 0 Å². The fourth-order valence-corrected chi connectivity index (χ4v) is 5.71. The van der Waals surface area contributed by atoms with Crippen LogP contribution < -0.4 is 10.1 Å². The summed E-state index contributed by atoms with van der Waals surface area (Å²) in [6.07, 6.45) is 3.54. The number of carbonyl (C=O) groups excluding carboxylic acids is 2. The molecule has 2 aromatic carbocycles. The molecule has 5 rings (SSSR count). The fraction of sp³-hybridized carbons (Fsp3) is 0.387. The number of aromatic nitrogens is 4. The molecule has 0 unspecified atom stereocenters. The van der Waals surface area contributed by atoms with Gasteiger partial charge in [0.15, 0.2) is 5.82 Å². The van der Waals surface area contributed by atoms with Crippen molar-refractivity contribution in [1.82, 2.24) is 29.7 Å². The van der Waals surface area contributed by atoms with E-state index in [1.165, 1.54) is 18.2 Å². The number of amides is 2. The van der Waals surface area contributed by atoms with Crippen molar-refractivity contribution in [2.45, 2.75) is 76.6 Å². The molecule has 0 aliphatic carbocycles. The average Bonchev–Trinajstić information content (AvgIpc) is 3.50. The number of rotatable bonds is 8. The fourth-order valence-electron chi connectivity index (χ4n) is 5.71. The first-order valence-corrected chi connectivity index (χ1v) is 15.2. The summed E-state index contributed by atoms with van der Waals surface area (Å²) in [6, 6.07) is 11.5. The number of halogens is 2. The third kappa shape index (κ3) is 7.03. The Morgan fingerprint density at radius 2 is 1.72 bits per heavy atom. The highest BCUT2D eigenvalue weighted by Gasteiger charge is 2.40. The number of aryl methyl sites for hydroxylation is 1. The van der Waals surface area contributed by atoms with Crippen LogP contribution in [0.25, 0.3) is 22.2 Å². The second-order valence-corrected chi connectivity index (χ2v) is 13.9. The van der Waals surface area contributed by atoms with E-state index in [-0.39, 0.29) is 23.3 Å². The number of benzene rings is 2. The van der Waals surface area contributed by atoms with Crippen LogP contribution in [0.4, 0.5) is 13.6 Å². The lowest BCUT2D eigenvalue weighted by molar-refractivity contribution is -0.0499. The van der Waals surface area contributed by atoms with E-state index in [1.807, 2.05) is 55.6 Å². The zero-order chi connectivity index (χ0) is 33.6. The Hall–Kier alpha value is -4.42. The summed E-state index contributed by atoms with van der Waals surface area (Å²) in [4.78, 5) is 42.1. The molecule has 1 N–H and O–H groups in total. The number of alkyl halides is 2. The van der Waals surface area contributed by atoms with Crippen molar-refractivity contribution in [2.75, 3.05) is 0 Å². The molecular weight excluding hydrogens is 591 g/mol. The lowest BCUT2D eigenvalue weighted by atomic mass is 9.48. The second-order valence-electron chi connectivity index (χ2n) is 13.9. The highest BCUT2D eigenvalue weighted by Crippen LogP contribution is 2.38. The molecule has 4 aromatic rings. The van der Waals surface area contributed by atoms with Crippen molar-refractivity contribution in [3.63, 3.8) is 0 Å². The van der Waals surface area contributed by atoms with Gasteiger partial charge in [0.1, 0.15) is 40.7 Å². The molecule has 3 heterocycles. The predicted octanol–water partition coefficient (Wildman–Crippen LogP) is 2.95. The van der Waals surface area contributed by atoms with Crippen LogP contribution in [-0.2, 0) is 16.8 Å². The molecule has 0 fully saturated rings. The summed E-state index contributed by atoms with van der Waals surface area (Å²) in [5, 5.41) is 2.24. The van der Waals surface area contributed by atoms with E-state index >= 15 is 0 Å². The molecule has 2 amide bonds. The third-order valence-corrected chi connectivity index (χ3v) is 7.62. The summed E-state index contributed by atoms with van der Waals surface area (Å²) in [5.74, 6) is 0.840. The number of nitrogens with one attached hydrogen (secondary N) is 1. The van der Waals surface area contributed by atoms with E-state index in [4.69, 9.17) is 9.72 Å². The number of hydrogen-bond acceptors (Lipinski definition) is 7. The second kappa shape index (κ2) is 12.1. The molecule has 46 heavy (non-hydrogen) atoms. The molecular formula is C31H37B3F2N6O4. The Morgan fingerprint density at radius 1 is 1.02 bits per heavy atom. The molecule has 0 radical (unpaired) electrons. The number of hydrogen-bond donors (Lipinski definition) is 1. The van der Waals surface area contributed by atoms with E-state index in [2.05, 4.69) is 24.6 Å². The van der Waals surface area contributed by atoms with Crippen molar-refractivity contribution >= 4 is 46.6 Å². The predicted molar refractivity (Wildman–Crippen MR) is 178 cm³/mol. The van der Waals surface area contributed by atoms with Gasteiger partial charge in [-0.05, 0) is 82.2 Å². The zero-order valence-corrected chi connectivity index (χ0v) is 27.4. The minimum absolute atomic E-state index is 0.0687. The molecule has 0 saturated carbocycles. The molecule has 2 aromatic heterocycles. The van der Waals surface area contributed by atoms with E-state index in [1.54, 1.807) is 44.1 Å². The van der Waals surface area contributed by atoms with Crippen LogP contribution in [0.5, 0.6) is 5.75 Å². The first-order valence-electron chi connectivity index (χ1n) is 15.2. The number of alkyl carbamates (subject to hydrolysis) is 1. The highest BCUT2D eigenvalue weighted by molar-refractivity contribution is 6.60. The summed E-state index contributed by atoms with van der Waals surface area (Å²) < 4.78 is 37.7. The minimum Gasteiger partial charge on any atom is -0.444 e. The van der Waals surface area contributed by atoms with Crippen LogP contribution in [0.2, 0.25) is 0 Å². The highest BCUT2D eigenvalue weighted by atomic mass is 19.3. The quantitative estimate of drug-likeness (QED) is 0.299. The van der Waals surface area contributed by atoms with Gasteiger partial charge in [0.05, 0.1) is 22.6 Å².